The van der Waals surface area contributed by atoms with Crippen molar-refractivity contribution < 1.29 is 18.0 Å². The molecule has 0 aromatic heterocycles. The number of hydrogen-bond acceptors (Lipinski definition) is 1. The molecule has 0 bridgehead atoms. The summed E-state index contributed by atoms with van der Waals surface area (Å²) >= 11 is 17.8. The minimum atomic E-state index is -4.52. The van der Waals surface area contributed by atoms with Crippen LogP contribution in [0.1, 0.15) is 59.9 Å². The molecule has 0 spiro atoms. The van der Waals surface area contributed by atoms with Crippen LogP contribution in [-0.2, 0) is 11.2 Å². The van der Waals surface area contributed by atoms with Gasteiger partial charge in [-0.3, -0.25) is 4.79 Å². The highest BCUT2D eigenvalue weighted by Gasteiger charge is 2.39. The maximum Gasteiger partial charge on any atom is 0.399 e. The second kappa shape index (κ2) is 9.28. The topological polar surface area (TPSA) is 29.1 Å². The summed E-state index contributed by atoms with van der Waals surface area (Å²) in [6.45, 7) is 0. The second-order valence-corrected chi connectivity index (χ2v) is 9.56. The Labute approximate surface area is 199 Å². The van der Waals surface area contributed by atoms with Crippen LogP contribution in [0.15, 0.2) is 36.4 Å². The maximum atomic E-state index is 13.8. The maximum absolute atomic E-state index is 13.8. The fraction of sp³-hybridized carbons (Fsp3) is 0.375. The zero-order chi connectivity index (χ0) is 23.0. The first-order valence-electron chi connectivity index (χ1n) is 10.5. The Morgan fingerprint density at radius 1 is 1.06 bits per heavy atom. The molecule has 8 heteroatoms. The van der Waals surface area contributed by atoms with Gasteiger partial charge >= 0.3 is 6.18 Å². The normalized spacial score (nSPS) is 19.6. The predicted molar refractivity (Wildman–Crippen MR) is 122 cm³/mol. The van der Waals surface area contributed by atoms with Gasteiger partial charge in [0.15, 0.2) is 0 Å². The summed E-state index contributed by atoms with van der Waals surface area (Å²) in [7, 11) is 0. The molecule has 2 aliphatic carbocycles. The SMILES string of the molecule is O=C(NC1CCCc2cc(/C=C/C(c3cc(Cl)c(Cl)c(Cl)c3)C(F)(F)F)ccc21)C1CC1. The highest BCUT2D eigenvalue weighted by Crippen LogP contribution is 2.41. The van der Waals surface area contributed by atoms with Gasteiger partial charge in [0.2, 0.25) is 5.91 Å². The Morgan fingerprint density at radius 3 is 2.38 bits per heavy atom. The van der Waals surface area contributed by atoms with Crippen LogP contribution in [0.25, 0.3) is 6.08 Å². The molecule has 2 aromatic carbocycles. The van der Waals surface area contributed by atoms with Crippen molar-refractivity contribution in [1.82, 2.24) is 5.32 Å². The number of hydrogen-bond donors (Lipinski definition) is 1. The van der Waals surface area contributed by atoms with Crippen LogP contribution in [-0.4, -0.2) is 12.1 Å². The molecule has 1 amide bonds. The average Bonchev–Trinajstić information content (AvgIpc) is 3.56. The van der Waals surface area contributed by atoms with Crippen molar-refractivity contribution in [3.63, 3.8) is 0 Å². The molecular weight excluding hydrogens is 482 g/mol. The van der Waals surface area contributed by atoms with Gasteiger partial charge in [-0.25, -0.2) is 0 Å². The van der Waals surface area contributed by atoms with Gasteiger partial charge in [0.1, 0.15) is 0 Å². The highest BCUT2D eigenvalue weighted by molar-refractivity contribution is 6.48. The Hall–Kier alpha value is -1.69. The van der Waals surface area contributed by atoms with Crippen molar-refractivity contribution in [1.29, 1.82) is 0 Å². The smallest absolute Gasteiger partial charge is 0.349 e. The van der Waals surface area contributed by atoms with Gasteiger partial charge in [-0.2, -0.15) is 13.2 Å². The molecule has 2 aliphatic rings. The standard InChI is InChI=1S/C24H21Cl3F3NO/c25-19-11-16(12-20(26)22(19)27)18(24(28,29)30)9-5-13-4-8-17-15(10-13)2-1-3-21(17)31-23(32)14-6-7-14/h4-5,8-12,14,18,21H,1-3,6-7H2,(H,31,32)/b9-5+. The number of nitrogens with one attached hydrogen (secondary N) is 1. The van der Waals surface area contributed by atoms with E-state index in [-0.39, 0.29) is 38.5 Å². The molecular formula is C24H21Cl3F3NO. The summed E-state index contributed by atoms with van der Waals surface area (Å²) in [6.07, 6.45) is 2.55. The van der Waals surface area contributed by atoms with Crippen LogP contribution in [0.5, 0.6) is 0 Å². The number of benzene rings is 2. The van der Waals surface area contributed by atoms with Crippen molar-refractivity contribution >= 4 is 46.8 Å². The Balaban J connectivity index is 1.58. The van der Waals surface area contributed by atoms with Crippen LogP contribution >= 0.6 is 34.8 Å². The monoisotopic (exact) mass is 501 g/mol. The molecule has 1 fully saturated rings. The number of alkyl halides is 3. The molecule has 0 saturated heterocycles. The fourth-order valence-electron chi connectivity index (χ4n) is 4.09. The van der Waals surface area contributed by atoms with Crippen molar-refractivity contribution in [3.05, 3.63) is 73.7 Å². The van der Waals surface area contributed by atoms with E-state index in [1.54, 1.807) is 6.07 Å². The van der Waals surface area contributed by atoms with Crippen molar-refractivity contribution in [2.24, 2.45) is 5.92 Å². The third-order valence-corrected chi connectivity index (χ3v) is 7.14. The zero-order valence-electron chi connectivity index (χ0n) is 17.0. The highest BCUT2D eigenvalue weighted by atomic mass is 35.5. The van der Waals surface area contributed by atoms with Crippen LogP contribution in [0.3, 0.4) is 0 Å². The molecule has 2 unspecified atom stereocenters. The minimum absolute atomic E-state index is 0.0233. The summed E-state index contributed by atoms with van der Waals surface area (Å²) < 4.78 is 41.3. The molecule has 2 nitrogen and oxygen atoms in total. The molecule has 170 valence electrons. The molecule has 4 rings (SSSR count). The first kappa shape index (κ1) is 23.5. The largest absolute Gasteiger partial charge is 0.399 e. The van der Waals surface area contributed by atoms with Crippen molar-refractivity contribution in [2.45, 2.75) is 50.2 Å². The molecule has 1 saturated carbocycles. The summed E-state index contributed by atoms with van der Waals surface area (Å²) in [6, 6.07) is 7.94. The summed E-state index contributed by atoms with van der Waals surface area (Å²) in [5.74, 6) is -1.65. The van der Waals surface area contributed by atoms with Gasteiger partial charge in [0.05, 0.1) is 27.0 Å². The number of carbonyl (C=O) groups excluding carboxylic acids is 1. The quantitative estimate of drug-likeness (QED) is 0.414. The van der Waals surface area contributed by atoms with Crippen LogP contribution in [0, 0.1) is 5.92 Å². The number of carbonyl (C=O) groups is 1. The Bertz CT molecular complexity index is 1040. The van der Waals surface area contributed by atoms with E-state index in [9.17, 15) is 18.0 Å². The van der Waals surface area contributed by atoms with E-state index in [0.29, 0.717) is 5.56 Å². The molecule has 0 radical (unpaired) electrons. The minimum Gasteiger partial charge on any atom is -0.349 e. The van der Waals surface area contributed by atoms with Crippen molar-refractivity contribution in [3.8, 4) is 0 Å². The summed E-state index contributed by atoms with van der Waals surface area (Å²) in [5.41, 5.74) is 2.69. The number of fused-ring (bicyclic) bond motifs is 1. The molecule has 0 aliphatic heterocycles. The Morgan fingerprint density at radius 2 is 1.75 bits per heavy atom. The van der Waals surface area contributed by atoms with Gasteiger partial charge in [-0.05, 0) is 66.5 Å². The van der Waals surface area contributed by atoms with Crippen molar-refractivity contribution in [2.75, 3.05) is 0 Å². The fourth-order valence-corrected chi connectivity index (χ4v) is 4.71. The first-order chi connectivity index (χ1) is 15.1. The average molecular weight is 503 g/mol. The summed E-state index contributed by atoms with van der Waals surface area (Å²) in [4.78, 5) is 12.2. The van der Waals surface area contributed by atoms with E-state index >= 15 is 0 Å². The van der Waals surface area contributed by atoms with Gasteiger partial charge in [0.25, 0.3) is 0 Å². The van der Waals surface area contributed by atoms with Gasteiger partial charge in [0, 0.05) is 5.92 Å². The van der Waals surface area contributed by atoms with E-state index in [1.807, 2.05) is 12.1 Å². The van der Waals surface area contributed by atoms with Gasteiger partial charge in [-0.15, -0.1) is 0 Å². The van der Waals surface area contributed by atoms with E-state index in [2.05, 4.69) is 5.32 Å². The van der Waals surface area contributed by atoms with E-state index in [1.165, 1.54) is 18.2 Å². The lowest BCUT2D eigenvalue weighted by Crippen LogP contribution is -2.32. The third-order valence-electron chi connectivity index (χ3n) is 5.95. The Kier molecular flexibility index (Phi) is 6.81. The number of halogens is 6. The van der Waals surface area contributed by atoms with E-state index in [0.717, 1.165) is 49.3 Å². The van der Waals surface area contributed by atoms with Crippen LogP contribution in [0.2, 0.25) is 15.1 Å². The number of aryl methyl sites for hydroxylation is 1. The van der Waals surface area contributed by atoms with E-state index in [4.69, 9.17) is 34.8 Å². The van der Waals surface area contributed by atoms with Crippen LogP contribution < -0.4 is 5.32 Å². The van der Waals surface area contributed by atoms with Gasteiger partial charge in [-0.1, -0.05) is 65.2 Å². The lowest BCUT2D eigenvalue weighted by Gasteiger charge is -2.27. The lowest BCUT2D eigenvalue weighted by atomic mass is 9.86. The van der Waals surface area contributed by atoms with Crippen LogP contribution in [0.4, 0.5) is 13.2 Å². The summed E-state index contributed by atoms with van der Waals surface area (Å²) in [5, 5.41) is 3.10. The lowest BCUT2D eigenvalue weighted by molar-refractivity contribution is -0.139. The number of rotatable bonds is 5. The molecule has 32 heavy (non-hydrogen) atoms. The first-order valence-corrected chi connectivity index (χ1v) is 11.6. The predicted octanol–water partition coefficient (Wildman–Crippen LogP) is 7.91. The number of amides is 1. The third kappa shape index (κ3) is 5.27. The molecule has 1 N–H and O–H groups in total. The molecule has 2 atom stereocenters. The molecule has 0 heterocycles. The molecule has 2 aromatic rings. The number of allylic oxidation sites excluding steroid dienone is 1. The van der Waals surface area contributed by atoms with E-state index < -0.39 is 12.1 Å². The van der Waals surface area contributed by atoms with Gasteiger partial charge < -0.3 is 5.32 Å². The second-order valence-electron chi connectivity index (χ2n) is 8.36. The zero-order valence-corrected chi connectivity index (χ0v) is 19.3.